The summed E-state index contributed by atoms with van der Waals surface area (Å²) in [6.07, 6.45) is 6.58. The molecular weight excluding hydrogens is 232 g/mol. The lowest BCUT2D eigenvalue weighted by atomic mass is 10.3. The molecule has 0 rings (SSSR count). The Bertz CT molecular complexity index is 149. The summed E-state index contributed by atoms with van der Waals surface area (Å²) in [5.41, 5.74) is 0. The van der Waals surface area contributed by atoms with Gasteiger partial charge in [-0.25, -0.2) is 0 Å². The largest absolute Gasteiger partial charge is 0.353 e. The molecule has 0 saturated heterocycles. The van der Waals surface area contributed by atoms with Crippen LogP contribution in [0.5, 0.6) is 0 Å². The first-order valence-electron chi connectivity index (χ1n) is 4.50. The minimum Gasteiger partial charge on any atom is -0.353 e. The zero-order chi connectivity index (χ0) is 9.94. The van der Waals surface area contributed by atoms with E-state index in [-0.39, 0.29) is 6.29 Å². The van der Waals surface area contributed by atoms with Crippen molar-refractivity contribution in [3.05, 3.63) is 23.2 Å². The molecule has 0 N–H and O–H groups in total. The molecule has 0 radical (unpaired) electrons. The smallest absolute Gasteiger partial charge is 0.160 e. The quantitative estimate of drug-likeness (QED) is 0.509. The lowest BCUT2D eigenvalue weighted by Crippen LogP contribution is -2.16. The molecule has 0 unspecified atom stereocenters. The molecule has 0 aromatic carbocycles. The van der Waals surface area contributed by atoms with Gasteiger partial charge in [-0.1, -0.05) is 34.2 Å². The van der Waals surface area contributed by atoms with Gasteiger partial charge in [0, 0.05) is 19.6 Å². The molecule has 0 bridgehead atoms. The highest BCUT2D eigenvalue weighted by molar-refractivity contribution is 9.11. The number of allylic oxidation sites excluding steroid dienone is 2. The molecule has 0 aromatic heterocycles. The average Bonchev–Trinajstić information content (AvgIpc) is 2.13. The van der Waals surface area contributed by atoms with E-state index in [1.807, 2.05) is 32.1 Å². The summed E-state index contributed by atoms with van der Waals surface area (Å²) in [5, 5.41) is 0. The first-order valence-corrected chi connectivity index (χ1v) is 5.41. The van der Waals surface area contributed by atoms with Crippen molar-refractivity contribution in [3.63, 3.8) is 0 Å². The van der Waals surface area contributed by atoms with Crippen LogP contribution in [-0.2, 0) is 9.47 Å². The Morgan fingerprint density at radius 3 is 2.23 bits per heavy atom. The Hall–Kier alpha value is -0.120. The van der Waals surface area contributed by atoms with Crippen molar-refractivity contribution in [3.8, 4) is 0 Å². The van der Waals surface area contributed by atoms with Crippen molar-refractivity contribution in [1.82, 2.24) is 0 Å². The summed E-state index contributed by atoms with van der Waals surface area (Å²) in [4.78, 5) is 1.81. The van der Waals surface area contributed by atoms with Crippen LogP contribution in [0.2, 0.25) is 0 Å². The highest BCUT2D eigenvalue weighted by Gasteiger charge is 2.03. The molecule has 0 aliphatic heterocycles. The second kappa shape index (κ2) is 9.96. The molecule has 0 heterocycles. The van der Waals surface area contributed by atoms with Crippen LogP contribution >= 0.6 is 15.9 Å². The first kappa shape index (κ1) is 12.9. The lowest BCUT2D eigenvalue weighted by Gasteiger charge is -2.14. The monoisotopic (exact) mass is 248 g/mol. The SMILES string of the molecule is CCOC(C/C=C/C=C/Br)OCC. The van der Waals surface area contributed by atoms with Gasteiger partial charge in [0.15, 0.2) is 6.29 Å². The maximum absolute atomic E-state index is 5.35. The predicted octanol–water partition coefficient (Wildman–Crippen LogP) is 3.24. The van der Waals surface area contributed by atoms with E-state index in [9.17, 15) is 0 Å². The van der Waals surface area contributed by atoms with Crippen molar-refractivity contribution < 1.29 is 9.47 Å². The summed E-state index contributed by atoms with van der Waals surface area (Å²) in [6, 6.07) is 0. The third-order valence-corrected chi connectivity index (χ3v) is 1.66. The van der Waals surface area contributed by atoms with Crippen molar-refractivity contribution in [2.45, 2.75) is 26.6 Å². The van der Waals surface area contributed by atoms with Crippen LogP contribution < -0.4 is 0 Å². The second-order valence-electron chi connectivity index (χ2n) is 2.32. The highest BCUT2D eigenvalue weighted by Crippen LogP contribution is 2.02. The fourth-order valence-electron chi connectivity index (χ4n) is 0.866. The van der Waals surface area contributed by atoms with Gasteiger partial charge in [-0.15, -0.1) is 0 Å². The van der Waals surface area contributed by atoms with Crippen LogP contribution in [0.25, 0.3) is 0 Å². The van der Waals surface area contributed by atoms with E-state index in [2.05, 4.69) is 15.9 Å². The number of hydrogen-bond donors (Lipinski definition) is 0. The average molecular weight is 249 g/mol. The number of halogens is 1. The molecule has 0 saturated carbocycles. The number of rotatable bonds is 7. The Kier molecular flexibility index (Phi) is 9.87. The molecule has 0 amide bonds. The van der Waals surface area contributed by atoms with Gasteiger partial charge in [-0.2, -0.15) is 0 Å². The zero-order valence-electron chi connectivity index (χ0n) is 8.20. The second-order valence-corrected chi connectivity index (χ2v) is 2.85. The molecule has 0 aliphatic carbocycles. The molecule has 13 heavy (non-hydrogen) atoms. The van der Waals surface area contributed by atoms with Crippen LogP contribution in [0, 0.1) is 0 Å². The van der Waals surface area contributed by atoms with E-state index >= 15 is 0 Å². The minimum atomic E-state index is -0.102. The van der Waals surface area contributed by atoms with Gasteiger partial charge in [-0.3, -0.25) is 0 Å². The minimum absolute atomic E-state index is 0.102. The summed E-state index contributed by atoms with van der Waals surface area (Å²) < 4.78 is 10.7. The molecule has 76 valence electrons. The molecule has 0 fully saturated rings. The van der Waals surface area contributed by atoms with Crippen LogP contribution in [0.4, 0.5) is 0 Å². The van der Waals surface area contributed by atoms with Crippen molar-refractivity contribution in [2.24, 2.45) is 0 Å². The molecule has 0 aromatic rings. The Morgan fingerprint density at radius 1 is 1.15 bits per heavy atom. The number of hydrogen-bond acceptors (Lipinski definition) is 2. The topological polar surface area (TPSA) is 18.5 Å². The summed E-state index contributed by atoms with van der Waals surface area (Å²) in [7, 11) is 0. The van der Waals surface area contributed by atoms with Gasteiger partial charge in [0.1, 0.15) is 0 Å². The van der Waals surface area contributed by atoms with Crippen LogP contribution in [0.1, 0.15) is 20.3 Å². The van der Waals surface area contributed by atoms with Gasteiger partial charge in [0.05, 0.1) is 0 Å². The normalized spacial score (nSPS) is 12.3. The van der Waals surface area contributed by atoms with Gasteiger partial charge >= 0.3 is 0 Å². The number of ether oxygens (including phenoxy) is 2. The van der Waals surface area contributed by atoms with Crippen LogP contribution in [0.3, 0.4) is 0 Å². The van der Waals surface area contributed by atoms with E-state index in [1.54, 1.807) is 4.99 Å². The van der Waals surface area contributed by atoms with Crippen molar-refractivity contribution in [2.75, 3.05) is 13.2 Å². The molecule has 0 spiro atoms. The maximum Gasteiger partial charge on any atom is 0.160 e. The van der Waals surface area contributed by atoms with Gasteiger partial charge in [0.2, 0.25) is 0 Å². The summed E-state index contributed by atoms with van der Waals surface area (Å²) >= 11 is 3.18. The predicted molar refractivity (Wildman–Crippen MR) is 58.9 cm³/mol. The van der Waals surface area contributed by atoms with Crippen LogP contribution in [-0.4, -0.2) is 19.5 Å². The van der Waals surface area contributed by atoms with Crippen molar-refractivity contribution >= 4 is 15.9 Å². The molecule has 0 aliphatic rings. The fraction of sp³-hybridized carbons (Fsp3) is 0.600. The first-order chi connectivity index (χ1) is 6.35. The van der Waals surface area contributed by atoms with Gasteiger partial charge in [-0.05, 0) is 18.8 Å². The summed E-state index contributed by atoms with van der Waals surface area (Å²) in [5.74, 6) is 0. The molecule has 0 atom stereocenters. The molecular formula is C10H17BrO2. The van der Waals surface area contributed by atoms with E-state index in [1.165, 1.54) is 0 Å². The Morgan fingerprint density at radius 2 is 1.77 bits per heavy atom. The third kappa shape index (κ3) is 8.22. The maximum atomic E-state index is 5.35. The highest BCUT2D eigenvalue weighted by atomic mass is 79.9. The van der Waals surface area contributed by atoms with E-state index < -0.39 is 0 Å². The molecule has 3 heteroatoms. The van der Waals surface area contributed by atoms with Crippen molar-refractivity contribution in [1.29, 1.82) is 0 Å². The molecule has 2 nitrogen and oxygen atoms in total. The van der Waals surface area contributed by atoms with Gasteiger partial charge < -0.3 is 9.47 Å². The zero-order valence-corrected chi connectivity index (χ0v) is 9.79. The van der Waals surface area contributed by atoms with E-state index in [4.69, 9.17) is 9.47 Å². The standard InChI is InChI=1S/C10H17BrO2/c1-3-12-10(13-4-2)8-6-5-7-9-11/h5-7,9-10H,3-4,8H2,1-2H3/b6-5+,9-7+. The van der Waals surface area contributed by atoms with E-state index in [0.717, 1.165) is 6.42 Å². The Balaban J connectivity index is 3.66. The van der Waals surface area contributed by atoms with E-state index in [0.29, 0.717) is 13.2 Å². The van der Waals surface area contributed by atoms with Gasteiger partial charge in [0.25, 0.3) is 0 Å². The van der Waals surface area contributed by atoms with Crippen LogP contribution in [0.15, 0.2) is 23.2 Å². The summed E-state index contributed by atoms with van der Waals surface area (Å²) in [6.45, 7) is 5.31. The Labute approximate surface area is 88.7 Å². The lowest BCUT2D eigenvalue weighted by molar-refractivity contribution is -0.133. The fourth-order valence-corrected chi connectivity index (χ4v) is 1.04. The third-order valence-electron chi connectivity index (χ3n) is 1.35.